The summed E-state index contributed by atoms with van der Waals surface area (Å²) >= 11 is 1.70. The third-order valence-electron chi connectivity index (χ3n) is 1.08. The highest BCUT2D eigenvalue weighted by atomic mass is 79.9. The van der Waals surface area contributed by atoms with E-state index in [9.17, 15) is 0 Å². The Morgan fingerprint density at radius 3 is 2.80 bits per heavy atom. The molecular weight excluding hydrogens is 214 g/mol. The molecule has 0 bridgehead atoms. The third-order valence-corrected chi connectivity index (χ3v) is 2.09. The quantitative estimate of drug-likeness (QED) is 0.587. The molecule has 1 aromatic heterocycles. The summed E-state index contributed by atoms with van der Waals surface area (Å²) in [6, 6.07) is 0. The molecule has 10 heavy (non-hydrogen) atoms. The number of nitrogens with one attached hydrogen (secondary N) is 1. The van der Waals surface area contributed by atoms with E-state index in [1.807, 2.05) is 13.1 Å². The van der Waals surface area contributed by atoms with Crippen LogP contribution in [0.2, 0.25) is 0 Å². The van der Waals surface area contributed by atoms with Crippen LogP contribution in [0.4, 0.5) is 0 Å². The Labute approximate surface area is 74.7 Å². The minimum Gasteiger partial charge on any atom is -1.00 e. The number of rotatable bonds is 2. The van der Waals surface area contributed by atoms with Gasteiger partial charge in [0.2, 0.25) is 5.01 Å². The summed E-state index contributed by atoms with van der Waals surface area (Å²) < 4.78 is 0. The molecule has 0 aliphatic heterocycles. The van der Waals surface area contributed by atoms with Gasteiger partial charge in [0.15, 0.2) is 6.20 Å². The molecule has 0 aliphatic carbocycles. The van der Waals surface area contributed by atoms with E-state index in [4.69, 9.17) is 5.11 Å². The summed E-state index contributed by atoms with van der Waals surface area (Å²) in [6.45, 7) is 2.26. The van der Waals surface area contributed by atoms with Gasteiger partial charge < -0.3 is 22.1 Å². The third kappa shape index (κ3) is 2.77. The number of thiazole rings is 1. The van der Waals surface area contributed by atoms with Crippen molar-refractivity contribution in [3.8, 4) is 0 Å². The van der Waals surface area contributed by atoms with Gasteiger partial charge in [-0.05, 0) is 0 Å². The van der Waals surface area contributed by atoms with Gasteiger partial charge in [-0.15, -0.1) is 0 Å². The SMILES string of the molecule is Cc1[nH+]cc(CCO)s1.[Br-]. The minimum atomic E-state index is 0. The van der Waals surface area contributed by atoms with Crippen LogP contribution >= 0.6 is 11.3 Å². The van der Waals surface area contributed by atoms with Crippen molar-refractivity contribution in [3.05, 3.63) is 16.1 Å². The Balaban J connectivity index is 0.000000810. The van der Waals surface area contributed by atoms with E-state index in [0.717, 1.165) is 6.42 Å². The number of H-pyrrole nitrogens is 1. The molecule has 2 nitrogen and oxygen atoms in total. The first kappa shape index (κ1) is 10.1. The minimum absolute atomic E-state index is 0. The van der Waals surface area contributed by atoms with Gasteiger partial charge in [-0.3, -0.25) is 0 Å². The van der Waals surface area contributed by atoms with Crippen molar-refractivity contribution in [2.24, 2.45) is 0 Å². The van der Waals surface area contributed by atoms with Gasteiger partial charge in [0.05, 0.1) is 4.88 Å². The summed E-state index contributed by atoms with van der Waals surface area (Å²) in [4.78, 5) is 4.28. The zero-order valence-corrected chi connectivity index (χ0v) is 8.13. The smallest absolute Gasteiger partial charge is 0.232 e. The zero-order chi connectivity index (χ0) is 6.69. The molecule has 0 saturated heterocycles. The molecule has 0 saturated carbocycles. The lowest BCUT2D eigenvalue weighted by atomic mass is 10.4. The van der Waals surface area contributed by atoms with E-state index in [1.165, 1.54) is 9.88 Å². The van der Waals surface area contributed by atoms with Gasteiger partial charge in [-0.2, -0.15) is 0 Å². The van der Waals surface area contributed by atoms with E-state index >= 15 is 0 Å². The molecule has 1 aromatic rings. The topological polar surface area (TPSA) is 34.4 Å². The second kappa shape index (κ2) is 4.82. The van der Waals surface area contributed by atoms with Gasteiger partial charge in [-0.1, -0.05) is 11.3 Å². The molecular formula is C6H10BrNOS. The van der Waals surface area contributed by atoms with Crippen molar-refractivity contribution in [2.45, 2.75) is 13.3 Å². The van der Waals surface area contributed by atoms with E-state index in [-0.39, 0.29) is 23.6 Å². The number of aromatic amines is 1. The van der Waals surface area contributed by atoms with Crippen LogP contribution < -0.4 is 22.0 Å². The summed E-state index contributed by atoms with van der Waals surface area (Å²) in [7, 11) is 0. The average molecular weight is 224 g/mol. The second-order valence-corrected chi connectivity index (χ2v) is 3.23. The number of aliphatic hydroxyl groups excluding tert-OH is 1. The van der Waals surface area contributed by atoms with Crippen molar-refractivity contribution in [1.29, 1.82) is 0 Å². The van der Waals surface area contributed by atoms with Gasteiger partial charge in [0, 0.05) is 20.0 Å². The first-order chi connectivity index (χ1) is 4.33. The van der Waals surface area contributed by atoms with Crippen LogP contribution in [-0.4, -0.2) is 11.7 Å². The van der Waals surface area contributed by atoms with Crippen LogP contribution in [0.15, 0.2) is 6.20 Å². The van der Waals surface area contributed by atoms with Crippen LogP contribution in [-0.2, 0) is 6.42 Å². The molecule has 4 heteroatoms. The monoisotopic (exact) mass is 223 g/mol. The summed E-state index contributed by atoms with van der Waals surface area (Å²) in [5, 5.41) is 9.71. The molecule has 1 rings (SSSR count). The van der Waals surface area contributed by atoms with Gasteiger partial charge in [0.1, 0.15) is 0 Å². The maximum atomic E-state index is 8.52. The second-order valence-electron chi connectivity index (χ2n) is 1.89. The maximum Gasteiger partial charge on any atom is 0.232 e. The molecule has 0 atom stereocenters. The fourth-order valence-electron chi connectivity index (χ4n) is 0.671. The van der Waals surface area contributed by atoms with Crippen LogP contribution in [0.1, 0.15) is 9.88 Å². The average Bonchev–Trinajstić information content (AvgIpc) is 2.17. The summed E-state index contributed by atoms with van der Waals surface area (Å²) in [5.74, 6) is 0. The molecule has 0 aromatic carbocycles. The number of aromatic nitrogens is 1. The Hall–Kier alpha value is 0.0700. The summed E-state index contributed by atoms with van der Waals surface area (Å²) in [5.41, 5.74) is 0. The van der Waals surface area contributed by atoms with Gasteiger partial charge >= 0.3 is 0 Å². The molecule has 0 unspecified atom stereocenters. The molecule has 0 fully saturated rings. The Morgan fingerprint density at radius 1 is 1.70 bits per heavy atom. The molecule has 2 N–H and O–H groups in total. The van der Waals surface area contributed by atoms with Crippen molar-refractivity contribution in [3.63, 3.8) is 0 Å². The molecule has 0 amide bonds. The predicted octanol–water partition coefficient (Wildman–Crippen LogP) is -2.59. The molecule has 0 spiro atoms. The van der Waals surface area contributed by atoms with Gasteiger partial charge in [-0.25, -0.2) is 4.98 Å². The summed E-state index contributed by atoms with van der Waals surface area (Å²) in [6.07, 6.45) is 2.71. The number of hydrogen-bond acceptors (Lipinski definition) is 2. The molecule has 0 radical (unpaired) electrons. The lowest BCUT2D eigenvalue weighted by Crippen LogP contribution is -3.00. The zero-order valence-electron chi connectivity index (χ0n) is 5.72. The van der Waals surface area contributed by atoms with E-state index < -0.39 is 0 Å². The van der Waals surface area contributed by atoms with Crippen LogP contribution in [0, 0.1) is 6.92 Å². The number of halogens is 1. The van der Waals surface area contributed by atoms with Crippen molar-refractivity contribution in [2.75, 3.05) is 6.61 Å². The standard InChI is InChI=1S/C6H9NOS.BrH/c1-5-7-4-6(9-5)2-3-8;/h4,8H,2-3H2,1H3;1H. The number of aliphatic hydroxyl groups is 1. The van der Waals surface area contributed by atoms with Crippen molar-refractivity contribution in [1.82, 2.24) is 0 Å². The highest BCUT2D eigenvalue weighted by Gasteiger charge is 2.00. The lowest BCUT2D eigenvalue weighted by Gasteiger charge is -1.81. The van der Waals surface area contributed by atoms with E-state index in [2.05, 4.69) is 4.98 Å². The highest BCUT2D eigenvalue weighted by molar-refractivity contribution is 7.11. The van der Waals surface area contributed by atoms with Crippen molar-refractivity contribution < 1.29 is 27.1 Å². The predicted molar refractivity (Wildman–Crippen MR) is 36.4 cm³/mol. The Morgan fingerprint density at radius 2 is 2.40 bits per heavy atom. The van der Waals surface area contributed by atoms with Crippen LogP contribution in [0.3, 0.4) is 0 Å². The Kier molecular flexibility index (Phi) is 4.85. The molecule has 1 heterocycles. The largest absolute Gasteiger partial charge is 1.00 e. The number of hydrogen-bond donors (Lipinski definition) is 1. The Bertz CT molecular complexity index is 190. The normalized spacial score (nSPS) is 9.00. The van der Waals surface area contributed by atoms with Crippen molar-refractivity contribution >= 4 is 11.3 Å². The maximum absolute atomic E-state index is 8.52. The van der Waals surface area contributed by atoms with Crippen LogP contribution in [0.25, 0.3) is 0 Å². The first-order valence-corrected chi connectivity index (χ1v) is 3.72. The highest BCUT2D eigenvalue weighted by Crippen LogP contribution is 2.07. The lowest BCUT2D eigenvalue weighted by molar-refractivity contribution is -0.380. The fraction of sp³-hybridized carbons (Fsp3) is 0.500. The molecule has 58 valence electrons. The first-order valence-electron chi connectivity index (χ1n) is 2.91. The van der Waals surface area contributed by atoms with E-state index in [1.54, 1.807) is 11.3 Å². The van der Waals surface area contributed by atoms with E-state index in [0.29, 0.717) is 0 Å². The van der Waals surface area contributed by atoms with Gasteiger partial charge in [0.25, 0.3) is 0 Å². The number of aryl methyl sites for hydroxylation is 1. The van der Waals surface area contributed by atoms with Crippen LogP contribution in [0.5, 0.6) is 0 Å². The molecule has 0 aliphatic rings. The fourth-order valence-corrected chi connectivity index (χ4v) is 1.49.